The lowest BCUT2D eigenvalue weighted by molar-refractivity contribution is -0.120. The molecule has 2 saturated carbocycles. The minimum absolute atomic E-state index is 0.0265. The van der Waals surface area contributed by atoms with Crippen molar-refractivity contribution in [2.75, 3.05) is 6.61 Å². The zero-order valence-corrected chi connectivity index (χ0v) is 17.4. The van der Waals surface area contributed by atoms with Crippen LogP contribution in [0.1, 0.15) is 52.4 Å². The summed E-state index contributed by atoms with van der Waals surface area (Å²) >= 11 is 0. The van der Waals surface area contributed by atoms with Crippen molar-refractivity contribution >= 4 is 17.1 Å². The second kappa shape index (κ2) is 8.57. The number of nitrogens with zero attached hydrogens (tertiary/aromatic N) is 3. The normalized spacial score (nSPS) is 23.0. The third-order valence-electron chi connectivity index (χ3n) is 5.39. The van der Waals surface area contributed by atoms with Crippen LogP contribution in [0.5, 0.6) is 11.9 Å². The molecule has 2 aromatic heterocycles. The number of aromatic nitrogens is 3. The fourth-order valence-corrected chi connectivity index (χ4v) is 3.69. The molecule has 2 aliphatic rings. The summed E-state index contributed by atoms with van der Waals surface area (Å²) in [6.45, 7) is 4.02. The number of rotatable bonds is 8. The second-order valence-electron chi connectivity index (χ2n) is 8.21. The van der Waals surface area contributed by atoms with Crippen LogP contribution in [0.25, 0.3) is 11.2 Å². The first-order valence-corrected chi connectivity index (χ1v) is 10.5. The van der Waals surface area contributed by atoms with Crippen molar-refractivity contribution in [3.05, 3.63) is 12.1 Å². The van der Waals surface area contributed by atoms with Crippen LogP contribution in [0.2, 0.25) is 0 Å². The predicted octanol–water partition coefficient (Wildman–Crippen LogP) is 2.74. The number of imidazole rings is 1. The van der Waals surface area contributed by atoms with Gasteiger partial charge in [0.1, 0.15) is 17.7 Å². The van der Waals surface area contributed by atoms with Gasteiger partial charge in [-0.05, 0) is 51.5 Å². The van der Waals surface area contributed by atoms with E-state index in [-0.39, 0.29) is 24.2 Å². The van der Waals surface area contributed by atoms with E-state index in [1.165, 1.54) is 6.92 Å². The third kappa shape index (κ3) is 5.18. The Balaban J connectivity index is 1.29. The quantitative estimate of drug-likeness (QED) is 0.731. The fraction of sp³-hybridized carbons (Fsp3) is 0.667. The smallest absolute Gasteiger partial charge is 0.298 e. The number of amides is 1. The van der Waals surface area contributed by atoms with E-state index in [1.54, 1.807) is 0 Å². The highest BCUT2D eigenvalue weighted by Gasteiger charge is 2.26. The molecule has 4 rings (SSSR count). The van der Waals surface area contributed by atoms with Gasteiger partial charge < -0.3 is 19.5 Å². The molecule has 29 heavy (non-hydrogen) atoms. The molecule has 0 spiro atoms. The van der Waals surface area contributed by atoms with Crippen LogP contribution in [0, 0.1) is 0 Å². The molecule has 0 aliphatic heterocycles. The first kappa shape index (κ1) is 19.9. The van der Waals surface area contributed by atoms with Gasteiger partial charge in [0, 0.05) is 26.1 Å². The first-order chi connectivity index (χ1) is 14.0. The van der Waals surface area contributed by atoms with E-state index in [1.807, 2.05) is 30.7 Å². The van der Waals surface area contributed by atoms with Gasteiger partial charge in [-0.2, -0.15) is 9.97 Å². The van der Waals surface area contributed by atoms with Gasteiger partial charge in [0.05, 0.1) is 12.7 Å². The van der Waals surface area contributed by atoms with Crippen LogP contribution in [-0.2, 0) is 16.6 Å². The molecule has 1 N–H and O–H groups in total. The summed E-state index contributed by atoms with van der Waals surface area (Å²) in [4.78, 5) is 20.3. The van der Waals surface area contributed by atoms with Crippen LogP contribution in [0.4, 0.5) is 0 Å². The minimum atomic E-state index is -0.0265. The van der Waals surface area contributed by atoms with E-state index in [0.717, 1.165) is 49.7 Å². The number of ether oxygens (including phenoxy) is 3. The van der Waals surface area contributed by atoms with Gasteiger partial charge in [-0.1, -0.05) is 0 Å². The van der Waals surface area contributed by atoms with Crippen LogP contribution in [0.3, 0.4) is 0 Å². The molecule has 2 fully saturated rings. The Bertz CT molecular complexity index is 856. The first-order valence-electron chi connectivity index (χ1n) is 10.5. The summed E-state index contributed by atoms with van der Waals surface area (Å²) in [5, 5.41) is 2.85. The largest absolute Gasteiger partial charge is 0.474 e. The molecule has 8 nitrogen and oxygen atoms in total. The summed E-state index contributed by atoms with van der Waals surface area (Å²) in [7, 11) is 1.93. The number of carbonyl (C=O) groups is 1. The lowest BCUT2D eigenvalue weighted by Crippen LogP contribution is -2.37. The number of hydrogen-bond acceptors (Lipinski definition) is 6. The average Bonchev–Trinajstić information content (AvgIpc) is 3.45. The maximum absolute atomic E-state index is 11.1. The van der Waals surface area contributed by atoms with Crippen molar-refractivity contribution in [2.24, 2.45) is 7.05 Å². The number of hydrogen-bond donors (Lipinski definition) is 1. The van der Waals surface area contributed by atoms with Gasteiger partial charge in [0.15, 0.2) is 5.65 Å². The van der Waals surface area contributed by atoms with Gasteiger partial charge in [0.2, 0.25) is 11.8 Å². The Hall–Kier alpha value is -2.35. The second-order valence-corrected chi connectivity index (χ2v) is 8.21. The van der Waals surface area contributed by atoms with E-state index >= 15 is 0 Å². The predicted molar refractivity (Wildman–Crippen MR) is 108 cm³/mol. The molecule has 2 aromatic rings. The number of pyridine rings is 1. The molecule has 0 saturated heterocycles. The fourth-order valence-electron chi connectivity index (χ4n) is 3.69. The molecular weight excluding hydrogens is 372 g/mol. The van der Waals surface area contributed by atoms with E-state index in [9.17, 15) is 4.79 Å². The molecule has 1 amide bonds. The maximum Gasteiger partial charge on any atom is 0.298 e. The molecule has 2 aliphatic carbocycles. The molecule has 1 atom stereocenters. The van der Waals surface area contributed by atoms with Crippen molar-refractivity contribution in [1.29, 1.82) is 0 Å². The topological polar surface area (TPSA) is 87.5 Å². The van der Waals surface area contributed by atoms with Crippen molar-refractivity contribution in [3.8, 4) is 11.9 Å². The highest BCUT2D eigenvalue weighted by atomic mass is 16.5. The molecule has 0 radical (unpaired) electrons. The third-order valence-corrected chi connectivity index (χ3v) is 5.39. The Morgan fingerprint density at radius 2 is 1.76 bits per heavy atom. The molecular formula is C21H30N4O4. The lowest BCUT2D eigenvalue weighted by Gasteiger charge is -2.29. The van der Waals surface area contributed by atoms with Crippen LogP contribution in [-0.4, -0.2) is 51.4 Å². The van der Waals surface area contributed by atoms with Gasteiger partial charge in [-0.25, -0.2) is 0 Å². The zero-order chi connectivity index (χ0) is 20.4. The SMILES string of the molecule is CC(=O)N[C@@H](C)COC1CCC(Oc2nc3ccc(OC4CC4)nc3n2C)CC1. The Labute approximate surface area is 170 Å². The van der Waals surface area contributed by atoms with E-state index in [4.69, 9.17) is 14.2 Å². The summed E-state index contributed by atoms with van der Waals surface area (Å²) in [5.41, 5.74) is 1.59. The minimum Gasteiger partial charge on any atom is -0.474 e. The molecule has 0 bridgehead atoms. The van der Waals surface area contributed by atoms with E-state index in [0.29, 0.717) is 24.6 Å². The highest BCUT2D eigenvalue weighted by molar-refractivity contribution is 5.73. The summed E-state index contributed by atoms with van der Waals surface area (Å²) in [5.74, 6) is 0.627. The molecule has 8 heteroatoms. The van der Waals surface area contributed by atoms with Crippen LogP contribution >= 0.6 is 0 Å². The molecule has 2 heterocycles. The van der Waals surface area contributed by atoms with Gasteiger partial charge >= 0.3 is 0 Å². The van der Waals surface area contributed by atoms with Crippen molar-refractivity contribution in [1.82, 2.24) is 19.9 Å². The number of carbonyl (C=O) groups excluding carboxylic acids is 1. The number of fused-ring (bicyclic) bond motifs is 1. The van der Waals surface area contributed by atoms with Gasteiger partial charge in [-0.15, -0.1) is 0 Å². The lowest BCUT2D eigenvalue weighted by atomic mass is 9.95. The maximum atomic E-state index is 11.1. The van der Waals surface area contributed by atoms with Crippen LogP contribution in [0.15, 0.2) is 12.1 Å². The Kier molecular flexibility index (Phi) is 5.89. The average molecular weight is 402 g/mol. The standard InChI is InChI=1S/C21H30N4O4/c1-13(22-14(2)26)12-27-15-4-6-17(7-5-15)29-21-23-18-10-11-19(28-16-8-9-16)24-20(18)25(21)3/h10-11,13,15-17H,4-9,12H2,1-3H3,(H,22,26)/t13-,15?,17?/m0/s1. The number of aryl methyl sites for hydroxylation is 1. The van der Waals surface area contributed by atoms with Gasteiger partial charge in [0.25, 0.3) is 6.01 Å². The number of nitrogens with one attached hydrogen (secondary N) is 1. The van der Waals surface area contributed by atoms with Crippen LogP contribution < -0.4 is 14.8 Å². The molecule has 0 unspecified atom stereocenters. The summed E-state index contributed by atoms with van der Waals surface area (Å²) in [6, 6.07) is 4.44. The van der Waals surface area contributed by atoms with Gasteiger partial charge in [-0.3, -0.25) is 9.36 Å². The van der Waals surface area contributed by atoms with Crippen molar-refractivity contribution in [2.45, 2.75) is 76.7 Å². The summed E-state index contributed by atoms with van der Waals surface area (Å²) in [6.07, 6.45) is 6.62. The molecule has 0 aromatic carbocycles. The monoisotopic (exact) mass is 402 g/mol. The van der Waals surface area contributed by atoms with E-state index < -0.39 is 0 Å². The zero-order valence-electron chi connectivity index (χ0n) is 17.4. The van der Waals surface area contributed by atoms with E-state index in [2.05, 4.69) is 15.3 Å². The molecule has 158 valence electrons. The Morgan fingerprint density at radius 3 is 2.45 bits per heavy atom. The van der Waals surface area contributed by atoms with Crippen molar-refractivity contribution in [3.63, 3.8) is 0 Å². The highest BCUT2D eigenvalue weighted by Crippen LogP contribution is 2.29. The van der Waals surface area contributed by atoms with Crippen molar-refractivity contribution < 1.29 is 19.0 Å². The Morgan fingerprint density at radius 1 is 1.10 bits per heavy atom. The summed E-state index contributed by atoms with van der Waals surface area (Å²) < 4.78 is 19.8.